The van der Waals surface area contributed by atoms with E-state index in [1.54, 1.807) is 35.7 Å². The van der Waals surface area contributed by atoms with Gasteiger partial charge >= 0.3 is 6.61 Å². The van der Waals surface area contributed by atoms with Gasteiger partial charge in [0.15, 0.2) is 16.6 Å². The molecule has 5 nitrogen and oxygen atoms in total. The Morgan fingerprint density at radius 1 is 1.25 bits per heavy atom. The topological polar surface area (TPSA) is 49.2 Å². The molecular formula is C24H27F2N3O2S. The second-order valence-corrected chi connectivity index (χ2v) is 9.91. The summed E-state index contributed by atoms with van der Waals surface area (Å²) in [7, 11) is 0. The number of ether oxygens (including phenoxy) is 2. The van der Waals surface area contributed by atoms with Crippen LogP contribution < -0.4 is 9.47 Å². The van der Waals surface area contributed by atoms with Crippen molar-refractivity contribution in [2.24, 2.45) is 5.41 Å². The normalized spacial score (nSPS) is 14.8. The summed E-state index contributed by atoms with van der Waals surface area (Å²) in [6.45, 7) is 3.47. The first-order chi connectivity index (χ1) is 15.3. The lowest BCUT2D eigenvalue weighted by molar-refractivity contribution is -0.0517. The molecule has 0 amide bonds. The van der Waals surface area contributed by atoms with Crippen LogP contribution in [-0.4, -0.2) is 27.8 Å². The van der Waals surface area contributed by atoms with Gasteiger partial charge in [0, 0.05) is 29.3 Å². The van der Waals surface area contributed by atoms with Gasteiger partial charge in [-0.15, -0.1) is 11.3 Å². The molecule has 1 fully saturated rings. The SMILES string of the molecule is CC(C)(C)COc1c(/C=C/c2nccn2-c2nc(C3CCC3)cs2)cccc1OC(F)F. The van der Waals surface area contributed by atoms with Crippen molar-refractivity contribution in [1.29, 1.82) is 0 Å². The number of rotatable bonds is 8. The van der Waals surface area contributed by atoms with Crippen LogP contribution in [0.5, 0.6) is 11.5 Å². The zero-order valence-corrected chi connectivity index (χ0v) is 19.2. The molecule has 3 aromatic rings. The Balaban J connectivity index is 1.61. The summed E-state index contributed by atoms with van der Waals surface area (Å²) in [4.78, 5) is 9.22. The van der Waals surface area contributed by atoms with Crippen LogP contribution in [0.3, 0.4) is 0 Å². The van der Waals surface area contributed by atoms with E-state index in [2.05, 4.69) is 10.4 Å². The number of thiazole rings is 1. The average molecular weight is 460 g/mol. The second-order valence-electron chi connectivity index (χ2n) is 9.07. The lowest BCUT2D eigenvalue weighted by atomic mass is 9.83. The van der Waals surface area contributed by atoms with E-state index in [-0.39, 0.29) is 11.2 Å². The molecule has 0 saturated heterocycles. The summed E-state index contributed by atoms with van der Waals surface area (Å²) in [5.41, 5.74) is 1.64. The summed E-state index contributed by atoms with van der Waals surface area (Å²) in [6, 6.07) is 4.96. The van der Waals surface area contributed by atoms with Crippen LogP contribution in [0.2, 0.25) is 0 Å². The van der Waals surface area contributed by atoms with E-state index in [4.69, 9.17) is 14.5 Å². The lowest BCUT2D eigenvalue weighted by Crippen LogP contribution is -2.18. The number of halogens is 2. The van der Waals surface area contributed by atoms with Crippen molar-refractivity contribution >= 4 is 23.5 Å². The number of benzene rings is 1. The highest BCUT2D eigenvalue weighted by Gasteiger charge is 2.23. The largest absolute Gasteiger partial charge is 0.489 e. The molecule has 0 N–H and O–H groups in total. The van der Waals surface area contributed by atoms with Crippen molar-refractivity contribution in [3.63, 3.8) is 0 Å². The Morgan fingerprint density at radius 3 is 2.75 bits per heavy atom. The summed E-state index contributed by atoms with van der Waals surface area (Å²) in [5, 5.41) is 2.99. The molecule has 8 heteroatoms. The maximum atomic E-state index is 12.9. The van der Waals surface area contributed by atoms with Gasteiger partial charge in [-0.25, -0.2) is 9.97 Å². The molecule has 1 aliphatic carbocycles. The molecule has 0 aliphatic heterocycles. The number of hydrogen-bond acceptors (Lipinski definition) is 5. The van der Waals surface area contributed by atoms with Gasteiger partial charge in [-0.3, -0.25) is 4.57 Å². The molecule has 1 aliphatic rings. The van der Waals surface area contributed by atoms with Crippen LogP contribution in [0, 0.1) is 5.41 Å². The molecular weight excluding hydrogens is 432 g/mol. The molecule has 2 aromatic heterocycles. The van der Waals surface area contributed by atoms with Crippen molar-refractivity contribution in [3.8, 4) is 16.6 Å². The van der Waals surface area contributed by atoms with Crippen LogP contribution in [0.1, 0.15) is 63.0 Å². The lowest BCUT2D eigenvalue weighted by Gasteiger charge is -2.22. The standard InChI is InChI=1S/C24H27F2N3O2S/c1-24(2,3)15-30-21-17(8-5-9-19(21)31-22(25)26)10-11-20-27-12-13-29(20)23-28-18(14-32-23)16-6-4-7-16/h5,8-14,16,22H,4,6-7,15H2,1-3H3/b11-10+. The summed E-state index contributed by atoms with van der Waals surface area (Å²) >= 11 is 1.59. The van der Waals surface area contributed by atoms with Crippen molar-refractivity contribution in [1.82, 2.24) is 14.5 Å². The molecule has 4 rings (SSSR count). The molecule has 170 valence electrons. The van der Waals surface area contributed by atoms with Crippen molar-refractivity contribution in [2.45, 2.75) is 52.6 Å². The quantitative estimate of drug-likeness (QED) is 0.372. The molecule has 0 atom stereocenters. The van der Waals surface area contributed by atoms with Crippen LogP contribution in [-0.2, 0) is 0 Å². The van der Waals surface area contributed by atoms with E-state index in [0.29, 0.717) is 29.7 Å². The van der Waals surface area contributed by atoms with E-state index in [0.717, 1.165) is 10.8 Å². The fourth-order valence-electron chi connectivity index (χ4n) is 3.34. The van der Waals surface area contributed by atoms with E-state index >= 15 is 0 Å². The van der Waals surface area contributed by atoms with E-state index in [1.165, 1.54) is 25.3 Å². The van der Waals surface area contributed by atoms with Crippen molar-refractivity contribution in [3.05, 3.63) is 53.1 Å². The fraction of sp³-hybridized carbons (Fsp3) is 0.417. The number of aromatic nitrogens is 3. The predicted octanol–water partition coefficient (Wildman–Crippen LogP) is 6.79. The van der Waals surface area contributed by atoms with Gasteiger partial charge in [0.1, 0.15) is 5.82 Å². The third kappa shape index (κ3) is 5.35. The van der Waals surface area contributed by atoms with E-state index < -0.39 is 6.61 Å². The summed E-state index contributed by atoms with van der Waals surface area (Å²) in [5.74, 6) is 1.57. The number of alkyl halides is 2. The number of imidazole rings is 1. The Morgan fingerprint density at radius 2 is 2.06 bits per heavy atom. The van der Waals surface area contributed by atoms with Gasteiger partial charge in [-0.2, -0.15) is 8.78 Å². The third-order valence-corrected chi connectivity index (χ3v) is 6.05. The Kier molecular flexibility index (Phi) is 6.60. The Labute approximate surface area is 190 Å². The molecule has 0 unspecified atom stereocenters. The van der Waals surface area contributed by atoms with E-state index in [1.807, 2.05) is 37.6 Å². The number of hydrogen-bond donors (Lipinski definition) is 0. The van der Waals surface area contributed by atoms with Crippen LogP contribution in [0.4, 0.5) is 8.78 Å². The molecule has 2 heterocycles. The summed E-state index contributed by atoms with van der Waals surface area (Å²) < 4.78 is 38.4. The van der Waals surface area contributed by atoms with Crippen molar-refractivity contribution in [2.75, 3.05) is 6.61 Å². The third-order valence-electron chi connectivity index (χ3n) is 5.20. The minimum atomic E-state index is -2.93. The first-order valence-electron chi connectivity index (χ1n) is 10.7. The first kappa shape index (κ1) is 22.5. The molecule has 32 heavy (non-hydrogen) atoms. The zero-order chi connectivity index (χ0) is 22.7. The van der Waals surface area contributed by atoms with E-state index in [9.17, 15) is 8.78 Å². The number of nitrogens with zero attached hydrogens (tertiary/aromatic N) is 3. The summed E-state index contributed by atoms with van der Waals surface area (Å²) in [6.07, 6.45) is 10.9. The molecule has 1 aromatic carbocycles. The fourth-order valence-corrected chi connectivity index (χ4v) is 4.24. The molecule has 0 spiro atoms. The van der Waals surface area contributed by atoms with Gasteiger partial charge in [0.25, 0.3) is 0 Å². The van der Waals surface area contributed by atoms with Crippen LogP contribution in [0.25, 0.3) is 17.3 Å². The second kappa shape index (κ2) is 9.40. The minimum Gasteiger partial charge on any atom is -0.489 e. The highest BCUT2D eigenvalue weighted by molar-refractivity contribution is 7.12. The zero-order valence-electron chi connectivity index (χ0n) is 18.4. The molecule has 0 radical (unpaired) electrons. The Hall–Kier alpha value is -2.74. The minimum absolute atomic E-state index is 0.0137. The highest BCUT2D eigenvalue weighted by Crippen LogP contribution is 2.38. The average Bonchev–Trinajstić information content (AvgIpc) is 3.32. The maximum Gasteiger partial charge on any atom is 0.387 e. The highest BCUT2D eigenvalue weighted by atomic mass is 32.1. The molecule has 1 saturated carbocycles. The number of para-hydroxylation sites is 1. The van der Waals surface area contributed by atoms with Crippen molar-refractivity contribution < 1.29 is 18.3 Å². The smallest absolute Gasteiger partial charge is 0.387 e. The maximum absolute atomic E-state index is 12.9. The van der Waals surface area contributed by atoms with Crippen LogP contribution in [0.15, 0.2) is 36.0 Å². The van der Waals surface area contributed by atoms with Crippen LogP contribution >= 0.6 is 11.3 Å². The Bertz CT molecular complexity index is 1080. The van der Waals surface area contributed by atoms with Gasteiger partial charge in [-0.1, -0.05) is 39.3 Å². The predicted molar refractivity (Wildman–Crippen MR) is 123 cm³/mol. The van der Waals surface area contributed by atoms with Gasteiger partial charge in [-0.05, 0) is 36.5 Å². The van der Waals surface area contributed by atoms with Gasteiger partial charge < -0.3 is 9.47 Å². The molecule has 0 bridgehead atoms. The van der Waals surface area contributed by atoms with Gasteiger partial charge in [0.05, 0.1) is 12.3 Å². The van der Waals surface area contributed by atoms with Gasteiger partial charge in [0.2, 0.25) is 0 Å². The monoisotopic (exact) mass is 459 g/mol. The first-order valence-corrected chi connectivity index (χ1v) is 11.6.